The molecule has 0 aliphatic carbocycles. The zero-order valence-electron chi connectivity index (χ0n) is 14.6. The Morgan fingerprint density at radius 3 is 2.75 bits per heavy atom. The van der Waals surface area contributed by atoms with Gasteiger partial charge in [0.15, 0.2) is 4.80 Å². The minimum Gasteiger partial charge on any atom is -0.465 e. The zero-order valence-corrected chi connectivity index (χ0v) is 16.2. The molecule has 0 saturated heterocycles. The van der Waals surface area contributed by atoms with Crippen LogP contribution >= 0.6 is 22.9 Å². The number of ether oxygens (including phenoxy) is 1. The van der Waals surface area contributed by atoms with E-state index in [1.54, 1.807) is 31.2 Å². The SMILES string of the molecule is CCOC(=O)Cn1c(=NC(=O)c2cccc(Cl)c2)sc2ccc([N+](=O)[O-])cc21. The van der Waals surface area contributed by atoms with Gasteiger partial charge in [-0.25, -0.2) is 0 Å². The van der Waals surface area contributed by atoms with Gasteiger partial charge < -0.3 is 9.30 Å². The molecule has 0 atom stereocenters. The van der Waals surface area contributed by atoms with E-state index in [9.17, 15) is 19.7 Å². The van der Waals surface area contributed by atoms with Crippen molar-refractivity contribution < 1.29 is 19.2 Å². The maximum Gasteiger partial charge on any atom is 0.326 e. The van der Waals surface area contributed by atoms with Gasteiger partial charge in [0.25, 0.3) is 11.6 Å². The van der Waals surface area contributed by atoms with Crippen molar-refractivity contribution >= 4 is 50.7 Å². The Balaban J connectivity index is 2.15. The predicted molar refractivity (Wildman–Crippen MR) is 104 cm³/mol. The van der Waals surface area contributed by atoms with Crippen LogP contribution < -0.4 is 4.80 Å². The molecule has 1 heterocycles. The van der Waals surface area contributed by atoms with Gasteiger partial charge in [0, 0.05) is 22.7 Å². The second-order valence-corrected chi connectivity index (χ2v) is 7.06. The topological polar surface area (TPSA) is 104 Å². The summed E-state index contributed by atoms with van der Waals surface area (Å²) >= 11 is 7.06. The third kappa shape index (κ3) is 4.26. The highest BCUT2D eigenvalue weighted by molar-refractivity contribution is 7.16. The highest BCUT2D eigenvalue weighted by Crippen LogP contribution is 2.23. The Labute approximate surface area is 167 Å². The molecule has 0 unspecified atom stereocenters. The quantitative estimate of drug-likeness (QED) is 0.357. The van der Waals surface area contributed by atoms with Gasteiger partial charge >= 0.3 is 5.97 Å². The Morgan fingerprint density at radius 1 is 1.29 bits per heavy atom. The molecule has 28 heavy (non-hydrogen) atoms. The van der Waals surface area contributed by atoms with Gasteiger partial charge in [-0.05, 0) is 31.2 Å². The van der Waals surface area contributed by atoms with Gasteiger partial charge in [-0.3, -0.25) is 19.7 Å². The van der Waals surface area contributed by atoms with Crippen molar-refractivity contribution in [2.75, 3.05) is 6.61 Å². The number of amides is 1. The smallest absolute Gasteiger partial charge is 0.326 e. The number of thiazole rings is 1. The maximum absolute atomic E-state index is 12.5. The predicted octanol–water partition coefficient (Wildman–Crippen LogP) is 3.57. The summed E-state index contributed by atoms with van der Waals surface area (Å²) in [5.74, 6) is -1.08. The fourth-order valence-electron chi connectivity index (χ4n) is 2.52. The minimum atomic E-state index is -0.541. The fourth-order valence-corrected chi connectivity index (χ4v) is 3.72. The Kier molecular flexibility index (Phi) is 5.86. The number of hydrogen-bond donors (Lipinski definition) is 0. The lowest BCUT2D eigenvalue weighted by atomic mass is 10.2. The van der Waals surface area contributed by atoms with E-state index in [4.69, 9.17) is 16.3 Å². The molecule has 0 N–H and O–H groups in total. The van der Waals surface area contributed by atoms with E-state index in [0.29, 0.717) is 20.8 Å². The van der Waals surface area contributed by atoms with Crippen LogP contribution in [0.5, 0.6) is 0 Å². The van der Waals surface area contributed by atoms with Gasteiger partial charge in [-0.2, -0.15) is 4.99 Å². The number of fused-ring (bicyclic) bond motifs is 1. The zero-order chi connectivity index (χ0) is 20.3. The number of aromatic nitrogens is 1. The molecular weight excluding hydrogens is 406 g/mol. The lowest BCUT2D eigenvalue weighted by molar-refractivity contribution is -0.384. The van der Waals surface area contributed by atoms with E-state index in [1.165, 1.54) is 22.8 Å². The summed E-state index contributed by atoms with van der Waals surface area (Å²) in [6, 6.07) is 10.6. The number of nitro groups is 1. The molecule has 0 aliphatic heterocycles. The van der Waals surface area contributed by atoms with Gasteiger partial charge in [0.1, 0.15) is 6.54 Å². The molecule has 1 amide bonds. The molecule has 0 radical (unpaired) electrons. The van der Waals surface area contributed by atoms with Crippen LogP contribution in [0.2, 0.25) is 5.02 Å². The van der Waals surface area contributed by atoms with Crippen molar-refractivity contribution in [3.05, 3.63) is 68.0 Å². The van der Waals surface area contributed by atoms with E-state index in [1.807, 2.05) is 0 Å². The number of carbonyl (C=O) groups is 2. The molecule has 144 valence electrons. The number of non-ortho nitro benzene ring substituents is 1. The van der Waals surface area contributed by atoms with Crippen molar-refractivity contribution in [1.29, 1.82) is 0 Å². The molecular formula is C18H14ClN3O5S. The van der Waals surface area contributed by atoms with Gasteiger partial charge in [-0.1, -0.05) is 29.0 Å². The molecule has 3 aromatic rings. The third-order valence-electron chi connectivity index (χ3n) is 3.74. The van der Waals surface area contributed by atoms with Crippen molar-refractivity contribution in [3.63, 3.8) is 0 Å². The lowest BCUT2D eigenvalue weighted by Gasteiger charge is -2.05. The summed E-state index contributed by atoms with van der Waals surface area (Å²) in [6.45, 7) is 1.64. The summed E-state index contributed by atoms with van der Waals surface area (Å²) < 4.78 is 7.05. The molecule has 2 aromatic carbocycles. The molecule has 0 spiro atoms. The number of esters is 1. The molecule has 0 saturated carbocycles. The van der Waals surface area contributed by atoms with Crippen LogP contribution in [0.3, 0.4) is 0 Å². The second-order valence-electron chi connectivity index (χ2n) is 5.61. The van der Waals surface area contributed by atoms with Gasteiger partial charge in [0.05, 0.1) is 21.7 Å². The number of rotatable bonds is 5. The fraction of sp³-hybridized carbons (Fsp3) is 0.167. The lowest BCUT2D eigenvalue weighted by Crippen LogP contribution is -2.23. The summed E-state index contributed by atoms with van der Waals surface area (Å²) in [5, 5.41) is 11.5. The number of hydrogen-bond acceptors (Lipinski definition) is 6. The number of nitrogens with zero attached hydrogens (tertiary/aromatic N) is 3. The monoisotopic (exact) mass is 419 g/mol. The van der Waals surface area contributed by atoms with Crippen molar-refractivity contribution in [1.82, 2.24) is 4.57 Å². The van der Waals surface area contributed by atoms with E-state index < -0.39 is 16.8 Å². The van der Waals surface area contributed by atoms with Crippen LogP contribution in [0.15, 0.2) is 47.5 Å². The van der Waals surface area contributed by atoms with E-state index in [0.717, 1.165) is 11.3 Å². The van der Waals surface area contributed by atoms with E-state index in [2.05, 4.69) is 4.99 Å². The molecule has 1 aromatic heterocycles. The maximum atomic E-state index is 12.5. The standard InChI is InChI=1S/C18H14ClN3O5S/c1-2-27-16(23)10-21-14-9-13(22(25)26)6-7-15(14)28-18(21)20-17(24)11-4-3-5-12(19)8-11/h3-9H,2,10H2,1H3. The van der Waals surface area contributed by atoms with Crippen LogP contribution in [-0.4, -0.2) is 28.0 Å². The summed E-state index contributed by atoms with van der Waals surface area (Å²) in [7, 11) is 0. The first kappa shape index (κ1) is 19.7. The first-order valence-electron chi connectivity index (χ1n) is 8.17. The van der Waals surface area contributed by atoms with Crippen LogP contribution in [0, 0.1) is 10.1 Å². The third-order valence-corrected chi connectivity index (χ3v) is 5.03. The van der Waals surface area contributed by atoms with Gasteiger partial charge in [-0.15, -0.1) is 0 Å². The average molecular weight is 420 g/mol. The molecule has 0 fully saturated rings. The number of halogens is 1. The van der Waals surface area contributed by atoms with Crippen LogP contribution in [0.25, 0.3) is 10.2 Å². The number of carbonyl (C=O) groups excluding carboxylic acids is 2. The first-order valence-corrected chi connectivity index (χ1v) is 9.36. The Morgan fingerprint density at radius 2 is 2.07 bits per heavy atom. The van der Waals surface area contributed by atoms with Crippen LogP contribution in [0.4, 0.5) is 5.69 Å². The Bertz CT molecular complexity index is 1150. The summed E-state index contributed by atoms with van der Waals surface area (Å²) in [6.07, 6.45) is 0. The summed E-state index contributed by atoms with van der Waals surface area (Å²) in [5.41, 5.74) is 0.583. The van der Waals surface area contributed by atoms with Crippen molar-refractivity contribution in [3.8, 4) is 0 Å². The van der Waals surface area contributed by atoms with Crippen molar-refractivity contribution in [2.24, 2.45) is 4.99 Å². The number of nitro benzene ring substituents is 1. The Hall–Kier alpha value is -3.04. The first-order chi connectivity index (χ1) is 13.4. The van der Waals surface area contributed by atoms with E-state index >= 15 is 0 Å². The average Bonchev–Trinajstić information content (AvgIpc) is 2.98. The molecule has 10 heteroatoms. The highest BCUT2D eigenvalue weighted by Gasteiger charge is 2.16. The normalized spacial score (nSPS) is 11.6. The van der Waals surface area contributed by atoms with Crippen LogP contribution in [0.1, 0.15) is 17.3 Å². The van der Waals surface area contributed by atoms with E-state index in [-0.39, 0.29) is 23.6 Å². The molecule has 0 bridgehead atoms. The molecule has 8 nitrogen and oxygen atoms in total. The highest BCUT2D eigenvalue weighted by atomic mass is 35.5. The number of benzene rings is 2. The molecule has 3 rings (SSSR count). The second kappa shape index (κ2) is 8.32. The van der Waals surface area contributed by atoms with Crippen LogP contribution in [-0.2, 0) is 16.1 Å². The molecule has 0 aliphatic rings. The summed E-state index contributed by atoms with van der Waals surface area (Å²) in [4.78, 5) is 39.4. The van der Waals surface area contributed by atoms with Crippen molar-refractivity contribution in [2.45, 2.75) is 13.5 Å². The minimum absolute atomic E-state index is 0.129. The largest absolute Gasteiger partial charge is 0.465 e. The van der Waals surface area contributed by atoms with Gasteiger partial charge in [0.2, 0.25) is 0 Å².